The van der Waals surface area contributed by atoms with E-state index in [2.05, 4.69) is 183 Å². The van der Waals surface area contributed by atoms with E-state index in [4.69, 9.17) is 32.9 Å². The molecule has 0 bridgehead atoms. The maximum absolute atomic E-state index is 15.5. The molecule has 0 saturated heterocycles. The predicted molar refractivity (Wildman–Crippen MR) is 433 cm³/mol. The molecule has 0 aromatic heterocycles. The SMILES string of the molecule is C[Si](C)(C)O[Si](C)(CCCCC(CCCC[Si](C)(O[Si](C)(C)C)O[Si](C)(C)C)N1C(=O)c2ccc3c4ccc5c6c(ccc(c7ccc(c2c37)C1=O)c64)C(=O)N(C(CCCC[Si](C)(O[Si](C)(C)C)O[Si](C)(C)C)CCCC[Si](C)(O[Si](C)(C)C)O[Si](C)(C)C)C5=O)O[Si](C)(C)C. The molecule has 4 amide bonds. The summed E-state index contributed by atoms with van der Waals surface area (Å²) in [4.78, 5) is 65.4. The van der Waals surface area contributed by atoms with Crippen molar-refractivity contribution >= 4 is 168 Å². The number of hydrogen-bond donors (Lipinski definition) is 0. The molecule has 536 valence electrons. The zero-order valence-corrected chi connectivity index (χ0v) is 76.9. The highest BCUT2D eigenvalue weighted by Gasteiger charge is 2.47. The molecule has 14 nitrogen and oxygen atoms in total. The number of hydrogen-bond acceptors (Lipinski definition) is 12. The van der Waals surface area contributed by atoms with Gasteiger partial charge in [0.05, 0.1) is 0 Å². The molecule has 26 heteroatoms. The summed E-state index contributed by atoms with van der Waals surface area (Å²) in [5.74, 6) is -1.05. The van der Waals surface area contributed by atoms with Gasteiger partial charge in [0.1, 0.15) is 0 Å². The summed E-state index contributed by atoms with van der Waals surface area (Å²) in [5.41, 5.74) is 2.09. The number of carbonyl (C=O) groups excluding carboxylic acids is 4. The highest BCUT2D eigenvalue weighted by Crippen LogP contribution is 2.48. The number of fused-ring (bicyclic) bond motifs is 2. The first-order valence-corrected chi connectivity index (χ1v) is 73.5. The van der Waals surface area contributed by atoms with Crippen LogP contribution in [0.25, 0.3) is 43.1 Å². The van der Waals surface area contributed by atoms with Gasteiger partial charge in [0, 0.05) is 45.1 Å². The molecule has 2 aliphatic rings. The number of amides is 4. The van der Waals surface area contributed by atoms with Gasteiger partial charge >= 0.3 is 34.2 Å². The molecule has 2 heterocycles. The summed E-state index contributed by atoms with van der Waals surface area (Å²) in [6.07, 6.45) is 9.48. The molecule has 5 aromatic carbocycles. The molecule has 0 fully saturated rings. The van der Waals surface area contributed by atoms with E-state index < -0.39 is 101 Å². The molecule has 96 heavy (non-hydrogen) atoms. The molecule has 0 spiro atoms. The fourth-order valence-electron chi connectivity index (χ4n) is 15.8. The first-order valence-electron chi connectivity index (χ1n) is 36.2. The Morgan fingerprint density at radius 2 is 0.417 bits per heavy atom. The van der Waals surface area contributed by atoms with Crippen molar-refractivity contribution in [2.75, 3.05) is 0 Å². The lowest BCUT2D eigenvalue weighted by Crippen LogP contribution is -2.52. The number of unbranched alkanes of at least 4 members (excludes halogenated alkanes) is 4. The zero-order chi connectivity index (χ0) is 72.2. The summed E-state index contributed by atoms with van der Waals surface area (Å²) in [6.45, 7) is 62.7. The Bertz CT molecular complexity index is 3090. The molecule has 0 aliphatic carbocycles. The van der Waals surface area contributed by atoms with Gasteiger partial charge in [-0.25, -0.2) is 0 Å². The van der Waals surface area contributed by atoms with Crippen molar-refractivity contribution in [1.29, 1.82) is 0 Å². The van der Waals surface area contributed by atoms with Gasteiger partial charge in [0.25, 0.3) is 23.6 Å². The largest absolute Gasteiger partial charge is 0.437 e. The van der Waals surface area contributed by atoms with E-state index in [1.807, 2.05) is 48.5 Å². The van der Waals surface area contributed by atoms with E-state index in [-0.39, 0.29) is 35.7 Å². The van der Waals surface area contributed by atoms with Crippen molar-refractivity contribution in [3.8, 4) is 0 Å². The molecule has 7 rings (SSSR count). The molecule has 2 aliphatic heterocycles. The number of nitrogens with zero attached hydrogens (tertiary/aromatic N) is 2. The molecule has 0 radical (unpaired) electrons. The van der Waals surface area contributed by atoms with Crippen LogP contribution in [-0.4, -0.2) is 146 Å². The van der Waals surface area contributed by atoms with E-state index in [0.29, 0.717) is 58.7 Å². The maximum Gasteiger partial charge on any atom is 0.314 e. The van der Waals surface area contributed by atoms with Crippen LogP contribution >= 0.6 is 0 Å². The van der Waals surface area contributed by atoms with Crippen LogP contribution in [0.1, 0.15) is 118 Å². The average Bonchev–Trinajstić information content (AvgIpc) is 0.690. The topological polar surface area (TPSA) is 149 Å². The molecule has 5 aromatic rings. The fourth-order valence-corrected chi connectivity index (χ4v) is 66.2. The lowest BCUT2D eigenvalue weighted by atomic mass is 9.81. The molecular weight excluding hydrogens is 1400 g/mol. The Morgan fingerprint density at radius 1 is 0.250 bits per heavy atom. The van der Waals surface area contributed by atoms with Gasteiger partial charge in [-0.3, -0.25) is 29.0 Å². The van der Waals surface area contributed by atoms with Gasteiger partial charge in [-0.2, -0.15) is 0 Å². The average molecular weight is 1520 g/mol. The van der Waals surface area contributed by atoms with E-state index in [1.54, 1.807) is 9.80 Å². The molecule has 0 unspecified atom stereocenters. The fraction of sp³-hybridized carbons (Fsp3) is 0.657. The third-order valence-corrected chi connectivity index (χ3v) is 55.7. The van der Waals surface area contributed by atoms with Crippen molar-refractivity contribution in [2.45, 2.75) is 297 Å². The Morgan fingerprint density at radius 3 is 0.573 bits per heavy atom. The second-order valence-electron chi connectivity index (χ2n) is 36.6. The first-order chi connectivity index (χ1) is 43.6. The van der Waals surface area contributed by atoms with Crippen LogP contribution in [0.15, 0.2) is 48.5 Å². The van der Waals surface area contributed by atoms with Crippen LogP contribution in [0, 0.1) is 0 Å². The van der Waals surface area contributed by atoms with Crippen LogP contribution in [0.2, 0.25) is 207 Å². The minimum absolute atomic E-state index is 0.262. The number of rotatable bonds is 38. The van der Waals surface area contributed by atoms with E-state index in [0.717, 1.165) is 108 Å². The van der Waals surface area contributed by atoms with Gasteiger partial charge in [-0.05, 0) is 290 Å². The van der Waals surface area contributed by atoms with Crippen molar-refractivity contribution in [2.24, 2.45) is 0 Å². The molecular formula is C70H126N2O12Si12. The molecule has 0 atom stereocenters. The van der Waals surface area contributed by atoms with Crippen molar-refractivity contribution in [1.82, 2.24) is 9.80 Å². The van der Waals surface area contributed by atoms with Gasteiger partial charge in [0.15, 0.2) is 66.5 Å². The molecule has 0 N–H and O–H groups in total. The van der Waals surface area contributed by atoms with Gasteiger partial charge < -0.3 is 32.9 Å². The Kier molecular flexibility index (Phi) is 25.4. The van der Waals surface area contributed by atoms with E-state index in [1.165, 1.54) is 0 Å². The Hall–Kier alpha value is -2.04. The highest BCUT2D eigenvalue weighted by atomic mass is 28.5. The Labute approximate surface area is 592 Å². The summed E-state index contributed by atoms with van der Waals surface area (Å²) < 4.78 is 55.4. The smallest absolute Gasteiger partial charge is 0.314 e. The predicted octanol–water partition coefficient (Wildman–Crippen LogP) is 21.4. The van der Waals surface area contributed by atoms with Crippen LogP contribution in [-0.2, 0) is 32.9 Å². The maximum atomic E-state index is 15.5. The third-order valence-electron chi connectivity index (χ3n) is 17.3. The minimum atomic E-state index is -2.53. The number of imide groups is 2. The normalized spacial score (nSPS) is 15.7. The summed E-state index contributed by atoms with van der Waals surface area (Å²) >= 11 is 0. The second-order valence-corrected chi connectivity index (χ2v) is 88.0. The summed E-state index contributed by atoms with van der Waals surface area (Å²) in [5, 5.41) is 6.57. The van der Waals surface area contributed by atoms with Crippen molar-refractivity contribution < 1.29 is 52.1 Å². The quantitative estimate of drug-likeness (QED) is 0.0122. The van der Waals surface area contributed by atoms with Gasteiger partial charge in [-0.1, -0.05) is 75.6 Å². The van der Waals surface area contributed by atoms with Gasteiger partial charge in [-0.15, -0.1) is 0 Å². The summed E-state index contributed by atoms with van der Waals surface area (Å²) in [6, 6.07) is 18.6. The van der Waals surface area contributed by atoms with Crippen LogP contribution in [0.3, 0.4) is 0 Å². The van der Waals surface area contributed by atoms with Crippen molar-refractivity contribution in [3.05, 3.63) is 70.8 Å². The highest BCUT2D eigenvalue weighted by molar-refractivity contribution is 6.90. The van der Waals surface area contributed by atoms with Crippen LogP contribution < -0.4 is 0 Å². The first kappa shape index (κ1) is 81.3. The number of benzene rings is 5. The van der Waals surface area contributed by atoms with E-state index >= 15 is 19.2 Å². The second kappa shape index (κ2) is 30.0. The number of carbonyl (C=O) groups is 4. The summed E-state index contributed by atoms with van der Waals surface area (Å²) in [7, 11) is -25.5. The zero-order valence-electron chi connectivity index (χ0n) is 64.9. The third kappa shape index (κ3) is 22.0. The van der Waals surface area contributed by atoms with Crippen LogP contribution in [0.4, 0.5) is 0 Å². The van der Waals surface area contributed by atoms with Crippen molar-refractivity contribution in [3.63, 3.8) is 0 Å². The Balaban J connectivity index is 1.23. The molecule has 0 saturated carbocycles. The standard InChI is InChI=1S/C70H126N2O12Si12/c1-85(2,3)77-93(25,78-86(4,5)6)49-33-29-37-53(38-30-34-50-94(26,79-87(7,8)9)80-88(10,11)12)71-67(73)59-45-41-55-57-43-47-61-66-62(48-44-58(64(57)66)56-42-46-60(68(71)74)65(59)63(55)56)70(76)72(69(61)75)54(39-31-35-51-95(27,81-89(13,14)15)82-90(16,17)18)40-32-36-52-96(28,83-91(19,20)21)84-92(22,23)24/h41-48,53-54H,29-40,49-52H2,1-28H3. The lowest BCUT2D eigenvalue weighted by molar-refractivity contribution is 0.0502. The van der Waals surface area contributed by atoms with E-state index in [9.17, 15) is 0 Å². The monoisotopic (exact) mass is 1520 g/mol. The lowest BCUT2D eigenvalue weighted by Gasteiger charge is -2.39. The van der Waals surface area contributed by atoms with Gasteiger partial charge in [0.2, 0.25) is 0 Å². The minimum Gasteiger partial charge on any atom is -0.437 e. The van der Waals surface area contributed by atoms with Crippen LogP contribution in [0.5, 0.6) is 0 Å².